The van der Waals surface area contributed by atoms with Crippen molar-refractivity contribution < 1.29 is 19.0 Å². The van der Waals surface area contributed by atoms with Gasteiger partial charge in [0, 0.05) is 32.8 Å². The molecule has 2 aromatic heterocycles. The smallest absolute Gasteiger partial charge is 0.123 e. The molecule has 328 valence electrons. The molecule has 0 radical (unpaired) electrons. The van der Waals surface area contributed by atoms with Crippen LogP contribution in [0.25, 0.3) is 21.8 Å². The second-order valence-electron chi connectivity index (χ2n) is 16.8. The van der Waals surface area contributed by atoms with Crippen LogP contribution in [0.1, 0.15) is 58.3 Å². The zero-order valence-corrected chi connectivity index (χ0v) is 39.5. The van der Waals surface area contributed by atoms with Crippen LogP contribution in [-0.2, 0) is 11.2 Å². The van der Waals surface area contributed by atoms with Gasteiger partial charge in [0.15, 0.2) is 0 Å². The Labute approximate surface area is 391 Å². The van der Waals surface area contributed by atoms with E-state index in [0.29, 0.717) is 37.1 Å². The highest BCUT2D eigenvalue weighted by Gasteiger charge is 2.43. The maximum absolute atomic E-state index is 14.3. The number of hydrogen-bond acceptors (Lipinski definition) is 6. The van der Waals surface area contributed by atoms with E-state index in [-0.39, 0.29) is 11.6 Å². The lowest BCUT2D eigenvalue weighted by atomic mass is 9.73. The Morgan fingerprint density at radius 3 is 1.23 bits per heavy atom. The predicted octanol–water partition coefficient (Wildman–Crippen LogP) is 12.2. The number of fused-ring (bicyclic) bond motifs is 2. The molecule has 6 nitrogen and oxygen atoms in total. The molecule has 0 fully saturated rings. The molecule has 6 aromatic carbocycles. The van der Waals surface area contributed by atoms with Crippen molar-refractivity contribution in [3.63, 3.8) is 0 Å². The van der Waals surface area contributed by atoms with Gasteiger partial charge in [0.05, 0.1) is 34.3 Å². The van der Waals surface area contributed by atoms with Crippen molar-refractivity contribution in [2.75, 3.05) is 41.3 Å². The zero-order valence-electron chi connectivity index (χ0n) is 36.3. The molecule has 4 atom stereocenters. The molecule has 0 saturated heterocycles. The van der Waals surface area contributed by atoms with Gasteiger partial charge in [-0.2, -0.15) is 0 Å². The number of nitrogens with zero attached hydrogens (tertiary/aromatic N) is 4. The van der Waals surface area contributed by atoms with E-state index in [0.717, 1.165) is 53.3 Å². The van der Waals surface area contributed by atoms with Crippen LogP contribution in [0.4, 0.5) is 8.78 Å². The molecule has 10 heteroatoms. The highest BCUT2D eigenvalue weighted by atomic mass is 79.9. The summed E-state index contributed by atoms with van der Waals surface area (Å²) in [6.45, 7) is 1.27. The van der Waals surface area contributed by atoms with Crippen molar-refractivity contribution in [3.8, 4) is 0 Å². The molecule has 0 spiro atoms. The Morgan fingerprint density at radius 1 is 0.484 bits per heavy atom. The maximum Gasteiger partial charge on any atom is 0.123 e. The van der Waals surface area contributed by atoms with E-state index in [1.807, 2.05) is 159 Å². The lowest BCUT2D eigenvalue weighted by Gasteiger charge is -2.38. The molecule has 0 aliphatic rings. The number of pyridine rings is 2. The molecule has 0 saturated carbocycles. The molecule has 8 aromatic rings. The highest BCUT2D eigenvalue weighted by Crippen LogP contribution is 2.46. The van der Waals surface area contributed by atoms with Crippen molar-refractivity contribution >= 4 is 53.7 Å². The number of benzene rings is 6. The van der Waals surface area contributed by atoms with Crippen LogP contribution in [-0.4, -0.2) is 71.3 Å². The van der Waals surface area contributed by atoms with Gasteiger partial charge >= 0.3 is 0 Å². The number of aliphatic hydroxyl groups is 2. The molecule has 0 amide bonds. The quantitative estimate of drug-likeness (QED) is 0.113. The minimum atomic E-state index is -1.36. The highest BCUT2D eigenvalue weighted by molar-refractivity contribution is 9.10. The molecule has 2 N–H and O–H groups in total. The summed E-state index contributed by atoms with van der Waals surface area (Å²) < 4.78 is 30.5. The van der Waals surface area contributed by atoms with Crippen LogP contribution in [0.2, 0.25) is 0 Å². The lowest BCUT2D eigenvalue weighted by Crippen LogP contribution is -2.38. The van der Waals surface area contributed by atoms with E-state index in [1.54, 1.807) is 24.3 Å². The number of aromatic nitrogens is 2. The van der Waals surface area contributed by atoms with Gasteiger partial charge in [0.2, 0.25) is 0 Å². The molecule has 0 aliphatic carbocycles. The topological polar surface area (TPSA) is 72.7 Å². The van der Waals surface area contributed by atoms with Crippen molar-refractivity contribution in [1.82, 2.24) is 19.8 Å². The fraction of sp³-hybridized carbons (Fsp3) is 0.222. The van der Waals surface area contributed by atoms with Gasteiger partial charge in [-0.05, 0) is 136 Å². The lowest BCUT2D eigenvalue weighted by molar-refractivity contribution is 0.00290. The largest absolute Gasteiger partial charge is 0.384 e. The Morgan fingerprint density at radius 2 is 0.875 bits per heavy atom. The van der Waals surface area contributed by atoms with E-state index >= 15 is 0 Å². The first-order valence-corrected chi connectivity index (χ1v) is 22.8. The maximum atomic E-state index is 14.3. The summed E-state index contributed by atoms with van der Waals surface area (Å²) in [7, 11) is 7.87. The van der Waals surface area contributed by atoms with Crippen LogP contribution in [0.3, 0.4) is 0 Å². The summed E-state index contributed by atoms with van der Waals surface area (Å²) in [4.78, 5) is 13.9. The first-order chi connectivity index (χ1) is 30.7. The van der Waals surface area contributed by atoms with E-state index in [4.69, 9.17) is 9.97 Å². The van der Waals surface area contributed by atoms with E-state index in [9.17, 15) is 19.0 Å². The standard InChI is InChI=1S/2C27H26BrFN2O/c2*1-31(2)16-15-27(32,21-9-6-10-23(29)18-21)26(19-7-4-3-5-8-19)25-13-11-20-17-22(28)12-14-24(20)30-25/h2*3-14,17-18,26,32H,15-16H2,1-2H3/t2*26?,27-/m10/s1. The first-order valence-electron chi connectivity index (χ1n) is 21.2. The van der Waals surface area contributed by atoms with Crippen LogP contribution in [0.5, 0.6) is 0 Å². The summed E-state index contributed by atoms with van der Waals surface area (Å²) in [6.07, 6.45) is 0.839. The predicted molar refractivity (Wildman–Crippen MR) is 262 cm³/mol. The third kappa shape index (κ3) is 11.0. The minimum absolute atomic E-state index is 0.367. The van der Waals surface area contributed by atoms with Gasteiger partial charge in [-0.25, -0.2) is 8.78 Å². The Bertz CT molecular complexity index is 2620. The van der Waals surface area contributed by atoms with Crippen LogP contribution in [0, 0.1) is 11.6 Å². The third-order valence-corrected chi connectivity index (χ3v) is 12.7. The van der Waals surface area contributed by atoms with E-state index < -0.39 is 23.0 Å². The minimum Gasteiger partial charge on any atom is -0.384 e. The second kappa shape index (κ2) is 20.7. The van der Waals surface area contributed by atoms with Gasteiger partial charge in [0.1, 0.15) is 22.8 Å². The van der Waals surface area contributed by atoms with Gasteiger partial charge in [-0.3, -0.25) is 9.97 Å². The van der Waals surface area contributed by atoms with Gasteiger partial charge in [-0.1, -0.05) is 129 Å². The second-order valence-corrected chi connectivity index (χ2v) is 18.6. The van der Waals surface area contributed by atoms with Gasteiger partial charge < -0.3 is 20.0 Å². The first kappa shape index (κ1) is 46.8. The van der Waals surface area contributed by atoms with Crippen molar-refractivity contribution in [1.29, 1.82) is 0 Å². The summed E-state index contributed by atoms with van der Waals surface area (Å²) >= 11 is 7.02. The fourth-order valence-electron chi connectivity index (χ4n) is 8.43. The van der Waals surface area contributed by atoms with Crippen molar-refractivity contribution in [2.45, 2.75) is 35.9 Å². The van der Waals surface area contributed by atoms with Crippen molar-refractivity contribution in [3.05, 3.63) is 224 Å². The number of rotatable bonds is 14. The summed E-state index contributed by atoms with van der Waals surface area (Å²) in [5, 5.41) is 26.6. The molecule has 2 unspecified atom stereocenters. The molecule has 2 heterocycles. The molecular formula is C54H52Br2F2N4O2. The van der Waals surface area contributed by atoms with Crippen LogP contribution < -0.4 is 0 Å². The fourth-order valence-corrected chi connectivity index (χ4v) is 9.19. The average Bonchev–Trinajstić information content (AvgIpc) is 3.29. The number of halogens is 4. The van der Waals surface area contributed by atoms with Gasteiger partial charge in [-0.15, -0.1) is 0 Å². The van der Waals surface area contributed by atoms with E-state index in [1.165, 1.54) is 24.3 Å². The summed E-state index contributed by atoms with van der Waals surface area (Å²) in [5.41, 5.74) is 3.43. The molecular weight excluding hydrogens is 934 g/mol. The normalized spacial score (nSPS) is 14.4. The van der Waals surface area contributed by atoms with Crippen LogP contribution >= 0.6 is 31.9 Å². The van der Waals surface area contributed by atoms with Crippen LogP contribution in [0.15, 0.2) is 179 Å². The average molecular weight is 987 g/mol. The van der Waals surface area contributed by atoms with Crippen molar-refractivity contribution in [2.24, 2.45) is 0 Å². The molecule has 64 heavy (non-hydrogen) atoms. The zero-order chi connectivity index (χ0) is 45.4. The van der Waals surface area contributed by atoms with E-state index in [2.05, 4.69) is 31.9 Å². The summed E-state index contributed by atoms with van der Waals surface area (Å²) in [6, 6.07) is 52.2. The molecule has 8 rings (SSSR count). The monoisotopic (exact) mass is 984 g/mol. The molecule has 0 aliphatic heterocycles. The van der Waals surface area contributed by atoms with Gasteiger partial charge in [0.25, 0.3) is 0 Å². The number of hydrogen-bond donors (Lipinski definition) is 2. The molecule has 0 bridgehead atoms. The Kier molecular flexibility index (Phi) is 15.2. The third-order valence-electron chi connectivity index (χ3n) is 11.7. The Balaban J connectivity index is 0.000000191. The SMILES string of the molecule is CN(C)CC[C@@](O)(c1cccc(F)c1)C(c1ccccc1)c1ccc2cc(Br)ccc2n1.CN(C)CC[C@](O)(c1cccc(F)c1)C(c1ccccc1)c1ccc2cc(Br)ccc2n1. The summed E-state index contributed by atoms with van der Waals surface area (Å²) in [5.74, 6) is -1.68. The Hall–Kier alpha value is -5.20.